The Kier molecular flexibility index (Phi) is 9.56. The third-order valence-corrected chi connectivity index (χ3v) is 4.96. The second kappa shape index (κ2) is 11.9. The van der Waals surface area contributed by atoms with Crippen molar-refractivity contribution in [1.29, 1.82) is 0 Å². The van der Waals surface area contributed by atoms with Crippen LogP contribution in [0.5, 0.6) is 0 Å². The van der Waals surface area contributed by atoms with E-state index in [0.717, 1.165) is 0 Å². The summed E-state index contributed by atoms with van der Waals surface area (Å²) in [6.07, 6.45) is 0.512. The summed E-state index contributed by atoms with van der Waals surface area (Å²) in [5.41, 5.74) is 3.47. The Hall–Kier alpha value is -2.34. The fourth-order valence-corrected chi connectivity index (χ4v) is 2.99. The molecule has 0 aromatic carbocycles. The van der Waals surface area contributed by atoms with Crippen LogP contribution in [0.4, 0.5) is 16.3 Å². The Bertz CT molecular complexity index is 766. The van der Waals surface area contributed by atoms with Crippen LogP contribution in [-0.2, 0) is 14.3 Å². The zero-order valence-corrected chi connectivity index (χ0v) is 18.8. The molecule has 1 atom stereocenters. The number of nitrogens with zero attached hydrogens (tertiary/aromatic N) is 4. The molecule has 0 unspecified atom stereocenters. The maximum atomic E-state index is 12.2. The number of alkyl halides is 2. The topological polar surface area (TPSA) is 127 Å². The number of aromatic nitrogens is 1. The van der Waals surface area contributed by atoms with Crippen molar-refractivity contribution in [3.8, 4) is 0 Å². The van der Waals surface area contributed by atoms with Gasteiger partial charge in [-0.1, -0.05) is 23.2 Å². The lowest BCUT2D eigenvalue weighted by Gasteiger charge is -2.25. The third-order valence-electron chi connectivity index (χ3n) is 4.57. The number of halogens is 2. The van der Waals surface area contributed by atoms with Gasteiger partial charge in [0, 0.05) is 26.7 Å². The van der Waals surface area contributed by atoms with Crippen LogP contribution in [-0.4, -0.2) is 90.3 Å². The summed E-state index contributed by atoms with van der Waals surface area (Å²) >= 11 is 11.0. The Morgan fingerprint density at radius 2 is 2.16 bits per heavy atom. The maximum absolute atomic E-state index is 12.2. The molecule has 0 spiro atoms. The molecule has 1 fully saturated rings. The number of amides is 3. The monoisotopic (exact) mass is 476 g/mol. The van der Waals surface area contributed by atoms with Crippen LogP contribution in [0.25, 0.3) is 0 Å². The average molecular weight is 477 g/mol. The highest BCUT2D eigenvalue weighted by molar-refractivity contribution is 6.53. The van der Waals surface area contributed by atoms with Crippen molar-refractivity contribution in [3.63, 3.8) is 0 Å². The van der Waals surface area contributed by atoms with Gasteiger partial charge in [0.15, 0.2) is 4.84 Å². The van der Waals surface area contributed by atoms with Gasteiger partial charge in [0.05, 0.1) is 25.0 Å². The summed E-state index contributed by atoms with van der Waals surface area (Å²) in [7, 11) is 1.54. The number of hydrogen-bond acceptors (Lipinski definition) is 8. The molecule has 0 radical (unpaired) electrons. The Morgan fingerprint density at radius 3 is 2.74 bits per heavy atom. The van der Waals surface area contributed by atoms with E-state index in [1.807, 2.05) is 11.8 Å². The molecule has 31 heavy (non-hydrogen) atoms. The Labute approximate surface area is 190 Å². The molecular formula is C18H26Cl2N6O5. The van der Waals surface area contributed by atoms with Crippen molar-refractivity contribution in [3.05, 3.63) is 18.3 Å². The molecular weight excluding hydrogens is 451 g/mol. The first-order chi connectivity index (χ1) is 14.8. The number of rotatable bonds is 11. The smallest absolute Gasteiger partial charge is 0.414 e. The largest absolute Gasteiger partial charge is 0.442 e. The number of pyridine rings is 1. The second-order valence-corrected chi connectivity index (χ2v) is 7.73. The van der Waals surface area contributed by atoms with E-state index in [1.54, 1.807) is 25.4 Å². The standard InChI is InChI=1S/C18H26Cl2N6O5/c1-3-25(7-6-23-24(2)15(28)11-27)14-5-4-12(8-21-14)26-10-13(31-18(26)30)9-22-17(29)16(19)20/h4-5,8,13,16,23,27H,3,6-7,9-11H2,1-2H3,(H,22,29)/t13-/m0/s1. The number of anilines is 2. The van der Waals surface area contributed by atoms with Gasteiger partial charge in [-0.05, 0) is 19.1 Å². The second-order valence-electron chi connectivity index (χ2n) is 6.64. The number of nitrogens with one attached hydrogen (secondary N) is 2. The van der Waals surface area contributed by atoms with Crippen molar-refractivity contribution in [2.75, 3.05) is 56.2 Å². The first-order valence-electron chi connectivity index (χ1n) is 9.62. The molecule has 3 amide bonds. The average Bonchev–Trinajstić information content (AvgIpc) is 3.14. The molecule has 2 heterocycles. The van der Waals surface area contributed by atoms with E-state index in [2.05, 4.69) is 15.7 Å². The molecule has 13 heteroatoms. The van der Waals surface area contributed by atoms with E-state index < -0.39 is 35.5 Å². The normalized spacial score (nSPS) is 15.7. The summed E-state index contributed by atoms with van der Waals surface area (Å²) in [6, 6.07) is 3.55. The van der Waals surface area contributed by atoms with Gasteiger partial charge in [0.1, 0.15) is 18.5 Å². The molecule has 1 aromatic heterocycles. The number of aliphatic hydroxyl groups excluding tert-OH is 1. The number of carbonyl (C=O) groups excluding carboxylic acids is 3. The zero-order valence-electron chi connectivity index (χ0n) is 17.3. The van der Waals surface area contributed by atoms with E-state index in [9.17, 15) is 14.4 Å². The van der Waals surface area contributed by atoms with Crippen LogP contribution in [0, 0.1) is 0 Å². The van der Waals surface area contributed by atoms with Gasteiger partial charge in [0.2, 0.25) is 0 Å². The number of aliphatic hydroxyl groups is 1. The minimum atomic E-state index is -1.18. The summed E-state index contributed by atoms with van der Waals surface area (Å²) in [5.74, 6) is -0.272. The minimum Gasteiger partial charge on any atom is -0.442 e. The molecule has 1 saturated heterocycles. The number of cyclic esters (lactones) is 1. The molecule has 0 saturated carbocycles. The maximum Gasteiger partial charge on any atom is 0.414 e. The molecule has 2 rings (SSSR count). The van der Waals surface area contributed by atoms with Crippen molar-refractivity contribution < 1.29 is 24.2 Å². The Balaban J connectivity index is 1.90. The van der Waals surface area contributed by atoms with Gasteiger partial charge >= 0.3 is 6.09 Å². The molecule has 1 aromatic rings. The van der Waals surface area contributed by atoms with E-state index >= 15 is 0 Å². The summed E-state index contributed by atoms with van der Waals surface area (Å²) in [4.78, 5) is 41.6. The van der Waals surface area contributed by atoms with Crippen molar-refractivity contribution in [1.82, 2.24) is 20.7 Å². The molecule has 0 aliphatic carbocycles. The predicted octanol–water partition coefficient (Wildman–Crippen LogP) is 0.108. The number of likely N-dealkylation sites (N-methyl/N-ethyl adjacent to an activating group) is 2. The molecule has 0 bridgehead atoms. The van der Waals surface area contributed by atoms with Crippen LogP contribution >= 0.6 is 23.2 Å². The fourth-order valence-electron chi connectivity index (χ4n) is 2.84. The lowest BCUT2D eigenvalue weighted by atomic mass is 10.3. The van der Waals surface area contributed by atoms with Crippen molar-refractivity contribution in [2.24, 2.45) is 0 Å². The van der Waals surface area contributed by atoms with Gasteiger partial charge < -0.3 is 20.1 Å². The minimum absolute atomic E-state index is 0.104. The number of hydrogen-bond donors (Lipinski definition) is 3. The number of ether oxygens (including phenoxy) is 1. The van der Waals surface area contributed by atoms with Crippen molar-refractivity contribution >= 4 is 52.6 Å². The van der Waals surface area contributed by atoms with Crippen molar-refractivity contribution in [2.45, 2.75) is 17.9 Å². The first kappa shape index (κ1) is 24.9. The van der Waals surface area contributed by atoms with Gasteiger partial charge in [-0.2, -0.15) is 0 Å². The number of carbonyl (C=O) groups is 3. The van der Waals surface area contributed by atoms with Crippen LogP contribution in [0.2, 0.25) is 0 Å². The molecule has 172 valence electrons. The van der Waals surface area contributed by atoms with Crippen LogP contribution < -0.4 is 20.5 Å². The zero-order chi connectivity index (χ0) is 23.0. The summed E-state index contributed by atoms with van der Waals surface area (Å²) in [5, 5.41) is 12.6. The van der Waals surface area contributed by atoms with E-state index in [0.29, 0.717) is 31.1 Å². The molecule has 3 N–H and O–H groups in total. The quantitative estimate of drug-likeness (QED) is 0.303. The van der Waals surface area contributed by atoms with Gasteiger partial charge in [-0.3, -0.25) is 19.5 Å². The first-order valence-corrected chi connectivity index (χ1v) is 10.5. The van der Waals surface area contributed by atoms with Crippen LogP contribution in [0.3, 0.4) is 0 Å². The van der Waals surface area contributed by atoms with Gasteiger partial charge in [0.25, 0.3) is 11.8 Å². The highest BCUT2D eigenvalue weighted by Crippen LogP contribution is 2.23. The van der Waals surface area contributed by atoms with Crippen LogP contribution in [0.1, 0.15) is 6.92 Å². The molecule has 1 aliphatic heterocycles. The fraction of sp³-hybridized carbons (Fsp3) is 0.556. The highest BCUT2D eigenvalue weighted by Gasteiger charge is 2.33. The van der Waals surface area contributed by atoms with Gasteiger partial charge in [-0.15, -0.1) is 0 Å². The lowest BCUT2D eigenvalue weighted by molar-refractivity contribution is -0.135. The molecule has 1 aliphatic rings. The van der Waals surface area contributed by atoms with E-state index in [1.165, 1.54) is 9.91 Å². The third kappa shape index (κ3) is 7.10. The summed E-state index contributed by atoms with van der Waals surface area (Å²) < 4.78 is 5.25. The Morgan fingerprint density at radius 1 is 1.42 bits per heavy atom. The van der Waals surface area contributed by atoms with Crippen LogP contribution in [0.15, 0.2) is 18.3 Å². The number of hydrazine groups is 1. The van der Waals surface area contributed by atoms with E-state index in [-0.39, 0.29) is 13.1 Å². The highest BCUT2D eigenvalue weighted by atomic mass is 35.5. The van der Waals surface area contributed by atoms with Gasteiger partial charge in [-0.25, -0.2) is 15.2 Å². The SMILES string of the molecule is CCN(CCNN(C)C(=O)CO)c1ccc(N2C[C@H](CNC(=O)C(Cl)Cl)OC2=O)cn1. The summed E-state index contributed by atoms with van der Waals surface area (Å²) in [6.45, 7) is 3.49. The molecule has 11 nitrogen and oxygen atoms in total. The lowest BCUT2D eigenvalue weighted by Crippen LogP contribution is -2.44. The predicted molar refractivity (Wildman–Crippen MR) is 116 cm³/mol. The van der Waals surface area contributed by atoms with E-state index in [4.69, 9.17) is 33.0 Å².